The Morgan fingerprint density at radius 1 is 1.04 bits per heavy atom. The fourth-order valence-electron chi connectivity index (χ4n) is 4.87. The van der Waals surface area contributed by atoms with Gasteiger partial charge in [-0.3, -0.25) is 4.79 Å². The van der Waals surface area contributed by atoms with Crippen molar-refractivity contribution >= 4 is 33.8 Å². The zero-order chi connectivity index (χ0) is 31.8. The third-order valence-electron chi connectivity index (χ3n) is 7.25. The molecule has 1 aliphatic rings. The molecule has 0 spiro atoms. The summed E-state index contributed by atoms with van der Waals surface area (Å²) in [7, 11) is 0. The average molecular weight is 623 g/mol. The van der Waals surface area contributed by atoms with Crippen LogP contribution in [0.25, 0.3) is 33.0 Å². The highest BCUT2D eigenvalue weighted by Gasteiger charge is 2.49. The Balaban J connectivity index is 1.27. The number of phenols is 1. The molecule has 6 N–H and O–H groups in total. The van der Waals surface area contributed by atoms with Gasteiger partial charge in [-0.2, -0.15) is 4.73 Å². The van der Waals surface area contributed by atoms with Gasteiger partial charge < -0.3 is 54.0 Å². The maximum absolute atomic E-state index is 13.2. The van der Waals surface area contributed by atoms with Crippen LogP contribution in [0, 0.1) is 0 Å². The highest BCUT2D eigenvalue weighted by atomic mass is 16.8. The monoisotopic (exact) mass is 622 g/mol. The van der Waals surface area contributed by atoms with Gasteiger partial charge in [0.05, 0.1) is 28.9 Å². The molecule has 234 valence electrons. The van der Waals surface area contributed by atoms with Gasteiger partial charge in [-0.1, -0.05) is 12.1 Å². The molecule has 0 aliphatic carbocycles. The van der Waals surface area contributed by atoms with E-state index in [9.17, 15) is 34.8 Å². The summed E-state index contributed by atoms with van der Waals surface area (Å²) in [6.45, 7) is -0.743. The normalized spacial score (nSPS) is 22.2. The number of carboxylic acids is 1. The lowest BCUT2D eigenvalue weighted by Crippen LogP contribution is -2.63. The van der Waals surface area contributed by atoms with E-state index in [1.807, 2.05) is 0 Å². The minimum atomic E-state index is -2.46. The number of benzene rings is 2. The molecule has 15 nitrogen and oxygen atoms in total. The van der Waals surface area contributed by atoms with E-state index in [-0.39, 0.29) is 33.5 Å². The number of nitrogens with one attached hydrogen (secondary N) is 1. The van der Waals surface area contributed by atoms with Gasteiger partial charge in [-0.25, -0.2) is 9.59 Å². The number of aromatic nitrogens is 2. The molecule has 45 heavy (non-hydrogen) atoms. The van der Waals surface area contributed by atoms with Crippen LogP contribution in [0.4, 0.5) is 0 Å². The average Bonchev–Trinajstić information content (AvgIpc) is 3.62. The summed E-state index contributed by atoms with van der Waals surface area (Å²) >= 11 is 0. The van der Waals surface area contributed by atoms with Gasteiger partial charge in [-0.15, -0.1) is 0 Å². The van der Waals surface area contributed by atoms with E-state index in [4.69, 9.17) is 28.6 Å². The number of carbonyl (C=O) groups excluding carboxylic acids is 1. The first-order chi connectivity index (χ1) is 21.6. The standard InChI is InChI=1S/C30H26N2O13/c33-16-3-1-14(2-4-16)19-12-41-21-9-17(5-6-18(21)23(19)34)43-30-27(45-32-10-15-7-8-31-20(15)11-32)25(36)24(35)22(44-30)13-42-29(40)26(37)28(38)39/h1-12,22,24-27,30-31,33,35-37H,13H2,(H,38,39). The first-order valence-electron chi connectivity index (χ1n) is 13.5. The van der Waals surface area contributed by atoms with Crippen LogP contribution in [0.1, 0.15) is 0 Å². The number of phenolic OH excluding ortho intramolecular Hbond substituents is 1. The molecule has 3 aromatic heterocycles. The third-order valence-corrected chi connectivity index (χ3v) is 7.25. The molecule has 4 heterocycles. The Morgan fingerprint density at radius 3 is 2.56 bits per heavy atom. The highest BCUT2D eigenvalue weighted by molar-refractivity contribution is 5.96. The molecule has 5 aromatic rings. The van der Waals surface area contributed by atoms with Crippen LogP contribution in [-0.2, 0) is 19.1 Å². The number of aliphatic hydroxyl groups excluding tert-OH is 3. The molecule has 2 aromatic carbocycles. The summed E-state index contributed by atoms with van der Waals surface area (Å²) in [5, 5.41) is 50.7. The molecule has 0 bridgehead atoms. The maximum atomic E-state index is 13.2. The van der Waals surface area contributed by atoms with Crippen molar-refractivity contribution in [2.45, 2.75) is 36.8 Å². The summed E-state index contributed by atoms with van der Waals surface area (Å²) < 4.78 is 23.6. The number of fused-ring (bicyclic) bond motifs is 2. The SMILES string of the molecule is O=C(O)C(O)C(=O)OCC1OC(Oc2ccc3c(=O)c(-c4ccc(O)cc4)coc3c2)C(On2cc3cc[nH]c3c2)C(O)C1O. The summed E-state index contributed by atoms with van der Waals surface area (Å²) in [6, 6.07) is 12.2. The van der Waals surface area contributed by atoms with Gasteiger partial charge in [-0.05, 0) is 35.9 Å². The first kappa shape index (κ1) is 29.7. The van der Waals surface area contributed by atoms with E-state index in [1.165, 1.54) is 41.3 Å². The Morgan fingerprint density at radius 2 is 1.82 bits per heavy atom. The Labute approximate surface area is 251 Å². The molecule has 1 saturated heterocycles. The number of H-pyrrole nitrogens is 1. The minimum Gasteiger partial charge on any atom is -0.508 e. The number of carbonyl (C=O) groups is 2. The zero-order valence-corrected chi connectivity index (χ0v) is 23.0. The lowest BCUT2D eigenvalue weighted by Gasteiger charge is -2.41. The predicted octanol–water partition coefficient (Wildman–Crippen LogP) is 0.760. The van der Waals surface area contributed by atoms with Crippen molar-refractivity contribution in [1.29, 1.82) is 0 Å². The summed E-state index contributed by atoms with van der Waals surface area (Å²) in [5.41, 5.74) is 1.34. The number of aromatic amines is 1. The van der Waals surface area contributed by atoms with E-state index in [0.717, 1.165) is 10.9 Å². The number of hydrogen-bond donors (Lipinski definition) is 6. The lowest BCUT2D eigenvalue weighted by molar-refractivity contribution is -0.288. The number of esters is 1. The lowest BCUT2D eigenvalue weighted by atomic mass is 9.99. The van der Waals surface area contributed by atoms with Crippen molar-refractivity contribution in [3.05, 3.63) is 83.6 Å². The second kappa shape index (κ2) is 12.0. The quantitative estimate of drug-likeness (QED) is 0.0988. The van der Waals surface area contributed by atoms with Crippen LogP contribution in [0.3, 0.4) is 0 Å². The molecule has 6 unspecified atom stereocenters. The zero-order valence-electron chi connectivity index (χ0n) is 23.0. The largest absolute Gasteiger partial charge is 0.508 e. The van der Waals surface area contributed by atoms with Crippen LogP contribution >= 0.6 is 0 Å². The molecule has 15 heteroatoms. The van der Waals surface area contributed by atoms with Crippen LogP contribution in [0.15, 0.2) is 82.6 Å². The Bertz CT molecular complexity index is 1880. The van der Waals surface area contributed by atoms with E-state index in [1.54, 1.807) is 36.8 Å². The molecular formula is C30H26N2O13. The van der Waals surface area contributed by atoms with Gasteiger partial charge in [0.2, 0.25) is 18.5 Å². The number of carboxylic acid groups (broad SMARTS) is 1. The second-order valence-electron chi connectivity index (χ2n) is 10.2. The van der Waals surface area contributed by atoms with Gasteiger partial charge in [0.1, 0.15) is 48.3 Å². The van der Waals surface area contributed by atoms with E-state index in [0.29, 0.717) is 5.56 Å². The van der Waals surface area contributed by atoms with Gasteiger partial charge in [0, 0.05) is 17.6 Å². The fraction of sp³-hybridized carbons (Fsp3) is 0.233. The first-order valence-corrected chi connectivity index (χ1v) is 13.5. The van der Waals surface area contributed by atoms with Gasteiger partial charge >= 0.3 is 11.9 Å². The van der Waals surface area contributed by atoms with Crippen molar-refractivity contribution in [3.63, 3.8) is 0 Å². The summed E-state index contributed by atoms with van der Waals surface area (Å²) in [4.78, 5) is 44.9. The number of rotatable bonds is 9. The predicted molar refractivity (Wildman–Crippen MR) is 152 cm³/mol. The van der Waals surface area contributed by atoms with Gasteiger partial charge in [0.15, 0.2) is 5.43 Å². The molecular weight excluding hydrogens is 596 g/mol. The highest BCUT2D eigenvalue weighted by Crippen LogP contribution is 2.29. The molecule has 1 aliphatic heterocycles. The van der Waals surface area contributed by atoms with E-state index < -0.39 is 55.4 Å². The van der Waals surface area contributed by atoms with Crippen molar-refractivity contribution < 1.29 is 58.6 Å². The molecule has 0 amide bonds. The molecule has 0 radical (unpaired) electrons. The third kappa shape index (κ3) is 5.92. The van der Waals surface area contributed by atoms with Crippen LogP contribution in [-0.4, -0.2) is 90.6 Å². The van der Waals surface area contributed by atoms with Crippen LogP contribution in [0.5, 0.6) is 11.5 Å². The van der Waals surface area contributed by atoms with E-state index >= 15 is 0 Å². The minimum absolute atomic E-state index is 0.0446. The fourth-order valence-corrected chi connectivity index (χ4v) is 4.87. The second-order valence-corrected chi connectivity index (χ2v) is 10.2. The number of hydrogen-bond acceptors (Lipinski definition) is 12. The van der Waals surface area contributed by atoms with Crippen molar-refractivity contribution in [1.82, 2.24) is 9.71 Å². The van der Waals surface area contributed by atoms with Crippen molar-refractivity contribution in [2.75, 3.05) is 6.61 Å². The number of aliphatic hydroxyl groups is 3. The van der Waals surface area contributed by atoms with Crippen LogP contribution in [0.2, 0.25) is 0 Å². The van der Waals surface area contributed by atoms with Crippen molar-refractivity contribution in [2.24, 2.45) is 0 Å². The Hall–Kier alpha value is -5.35. The van der Waals surface area contributed by atoms with Crippen LogP contribution < -0.4 is 15.0 Å². The molecule has 6 atom stereocenters. The number of nitrogens with zero attached hydrogens (tertiary/aromatic N) is 1. The Kier molecular flexibility index (Phi) is 7.90. The summed E-state index contributed by atoms with van der Waals surface area (Å²) in [5.74, 6) is -3.17. The maximum Gasteiger partial charge on any atom is 0.346 e. The molecule has 1 fully saturated rings. The number of aliphatic carboxylic acids is 1. The van der Waals surface area contributed by atoms with Gasteiger partial charge in [0.25, 0.3) is 0 Å². The topological polar surface area (TPSA) is 223 Å². The number of ether oxygens (including phenoxy) is 3. The van der Waals surface area contributed by atoms with E-state index in [2.05, 4.69) is 4.98 Å². The summed E-state index contributed by atoms with van der Waals surface area (Å²) in [6.07, 6.45) is -3.90. The van der Waals surface area contributed by atoms with Crippen molar-refractivity contribution in [3.8, 4) is 22.6 Å². The number of aromatic hydroxyl groups is 1. The molecule has 0 saturated carbocycles. The smallest absolute Gasteiger partial charge is 0.346 e. The molecule has 6 rings (SSSR count).